The molecule has 2 amide bonds. The summed E-state index contributed by atoms with van der Waals surface area (Å²) in [5.41, 5.74) is 7.49. The molecule has 1 aromatic heterocycles. The van der Waals surface area contributed by atoms with E-state index in [1.165, 1.54) is 11.8 Å². The van der Waals surface area contributed by atoms with Gasteiger partial charge in [0.25, 0.3) is 0 Å². The highest BCUT2D eigenvalue weighted by atomic mass is 35.5. The molecule has 1 saturated heterocycles. The fraction of sp³-hybridized carbons (Fsp3) is 0.304. The zero-order valence-corrected chi connectivity index (χ0v) is 19.1. The highest BCUT2D eigenvalue weighted by Gasteiger charge is 2.30. The summed E-state index contributed by atoms with van der Waals surface area (Å²) in [7, 11) is 0. The van der Waals surface area contributed by atoms with Crippen LogP contribution in [0.1, 0.15) is 30.7 Å². The standard InChI is InChI=1S/C23H24ClN5O2S/c24-17-9-11-18(12-10-17)29-20(14-16-6-2-1-3-7-16)26-27-23(29)32-15-21(30)28-13-5-4-8-19(28)22(25)31/h1-3,6-7,9-12,19H,4-5,8,13-15H2,(H2,25,31). The smallest absolute Gasteiger partial charge is 0.240 e. The highest BCUT2D eigenvalue weighted by Crippen LogP contribution is 2.26. The van der Waals surface area contributed by atoms with Crippen LogP contribution in [0.25, 0.3) is 5.69 Å². The minimum Gasteiger partial charge on any atom is -0.368 e. The lowest BCUT2D eigenvalue weighted by atomic mass is 10.0. The predicted molar refractivity (Wildman–Crippen MR) is 125 cm³/mol. The zero-order chi connectivity index (χ0) is 22.5. The summed E-state index contributed by atoms with van der Waals surface area (Å²) in [6.07, 6.45) is 3.00. The lowest BCUT2D eigenvalue weighted by molar-refractivity contribution is -0.138. The van der Waals surface area contributed by atoms with Crippen molar-refractivity contribution >= 4 is 35.2 Å². The van der Waals surface area contributed by atoms with Crippen molar-refractivity contribution in [3.8, 4) is 5.69 Å². The zero-order valence-electron chi connectivity index (χ0n) is 17.5. The molecule has 0 spiro atoms. The predicted octanol–water partition coefficient (Wildman–Crippen LogP) is 3.47. The molecule has 3 aromatic rings. The molecule has 1 aliphatic heterocycles. The first-order valence-corrected chi connectivity index (χ1v) is 11.8. The third-order valence-corrected chi connectivity index (χ3v) is 6.63. The van der Waals surface area contributed by atoms with Crippen LogP contribution in [0.5, 0.6) is 0 Å². The van der Waals surface area contributed by atoms with Crippen LogP contribution in [-0.4, -0.2) is 49.8 Å². The van der Waals surface area contributed by atoms with Crippen LogP contribution < -0.4 is 5.73 Å². The number of carbonyl (C=O) groups is 2. The van der Waals surface area contributed by atoms with Crippen molar-refractivity contribution in [2.75, 3.05) is 12.3 Å². The first kappa shape index (κ1) is 22.4. The van der Waals surface area contributed by atoms with Gasteiger partial charge in [-0.3, -0.25) is 14.2 Å². The average Bonchev–Trinajstić information content (AvgIpc) is 3.21. The number of nitrogens with zero attached hydrogens (tertiary/aromatic N) is 4. The molecule has 1 aliphatic rings. The Balaban J connectivity index is 1.57. The molecule has 32 heavy (non-hydrogen) atoms. The molecular formula is C23H24ClN5O2S. The second-order valence-electron chi connectivity index (χ2n) is 7.66. The van der Waals surface area contributed by atoms with E-state index in [1.54, 1.807) is 4.90 Å². The van der Waals surface area contributed by atoms with Crippen molar-refractivity contribution in [3.63, 3.8) is 0 Å². The van der Waals surface area contributed by atoms with Crippen LogP contribution in [0.2, 0.25) is 5.02 Å². The normalized spacial score (nSPS) is 16.2. The SMILES string of the molecule is NC(=O)C1CCCCN1C(=O)CSc1nnc(Cc2ccccc2)n1-c1ccc(Cl)cc1. The largest absolute Gasteiger partial charge is 0.368 e. The molecule has 2 N–H and O–H groups in total. The van der Waals surface area contributed by atoms with Gasteiger partial charge in [-0.15, -0.1) is 10.2 Å². The summed E-state index contributed by atoms with van der Waals surface area (Å²) >= 11 is 7.38. The fourth-order valence-corrected chi connectivity index (χ4v) is 4.85. The molecule has 1 atom stereocenters. The maximum atomic E-state index is 12.9. The van der Waals surface area contributed by atoms with Gasteiger partial charge in [-0.1, -0.05) is 53.7 Å². The molecule has 166 valence electrons. The van der Waals surface area contributed by atoms with Gasteiger partial charge in [0.1, 0.15) is 11.9 Å². The first-order valence-electron chi connectivity index (χ1n) is 10.5. The molecule has 2 aromatic carbocycles. The Morgan fingerprint density at radius 3 is 2.53 bits per heavy atom. The van der Waals surface area contributed by atoms with E-state index in [0.717, 1.165) is 29.9 Å². The van der Waals surface area contributed by atoms with Gasteiger partial charge in [-0.2, -0.15) is 0 Å². The van der Waals surface area contributed by atoms with E-state index in [1.807, 2.05) is 59.2 Å². The van der Waals surface area contributed by atoms with E-state index in [9.17, 15) is 9.59 Å². The van der Waals surface area contributed by atoms with Gasteiger partial charge in [0, 0.05) is 23.7 Å². The molecule has 0 radical (unpaired) electrons. The molecule has 7 nitrogen and oxygen atoms in total. The second kappa shape index (κ2) is 10.2. The lowest BCUT2D eigenvalue weighted by Gasteiger charge is -2.33. The van der Waals surface area contributed by atoms with E-state index < -0.39 is 11.9 Å². The van der Waals surface area contributed by atoms with Crippen LogP contribution >= 0.6 is 23.4 Å². The van der Waals surface area contributed by atoms with Gasteiger partial charge < -0.3 is 10.6 Å². The third-order valence-electron chi connectivity index (χ3n) is 5.47. The number of likely N-dealkylation sites (tertiary alicyclic amines) is 1. The number of piperidine rings is 1. The molecule has 4 rings (SSSR count). The minimum absolute atomic E-state index is 0.117. The number of hydrogen-bond donors (Lipinski definition) is 1. The summed E-state index contributed by atoms with van der Waals surface area (Å²) in [6.45, 7) is 0.552. The molecule has 9 heteroatoms. The Morgan fingerprint density at radius 1 is 1.06 bits per heavy atom. The Labute approximate surface area is 196 Å². The molecule has 2 heterocycles. The van der Waals surface area contributed by atoms with Gasteiger partial charge in [0.15, 0.2) is 5.16 Å². The van der Waals surface area contributed by atoms with E-state index in [-0.39, 0.29) is 11.7 Å². The third kappa shape index (κ3) is 5.14. The van der Waals surface area contributed by atoms with E-state index in [4.69, 9.17) is 17.3 Å². The number of carbonyl (C=O) groups excluding carboxylic acids is 2. The van der Waals surface area contributed by atoms with Gasteiger partial charge in [-0.25, -0.2) is 0 Å². The lowest BCUT2D eigenvalue weighted by Crippen LogP contribution is -2.51. The molecule has 0 saturated carbocycles. The number of halogens is 1. The number of rotatable bonds is 7. The quantitative estimate of drug-likeness (QED) is 0.534. The maximum absolute atomic E-state index is 12.9. The van der Waals surface area contributed by atoms with Gasteiger partial charge in [0.2, 0.25) is 11.8 Å². The number of hydrogen-bond acceptors (Lipinski definition) is 5. The van der Waals surface area contributed by atoms with E-state index in [2.05, 4.69) is 10.2 Å². The monoisotopic (exact) mass is 469 g/mol. The van der Waals surface area contributed by atoms with Crippen LogP contribution in [-0.2, 0) is 16.0 Å². The van der Waals surface area contributed by atoms with Crippen molar-refractivity contribution in [2.45, 2.75) is 36.9 Å². The van der Waals surface area contributed by atoms with Gasteiger partial charge >= 0.3 is 0 Å². The van der Waals surface area contributed by atoms with Crippen LogP contribution in [0.3, 0.4) is 0 Å². The molecule has 0 bridgehead atoms. The number of amides is 2. The number of aromatic nitrogens is 3. The van der Waals surface area contributed by atoms with Crippen LogP contribution in [0, 0.1) is 0 Å². The Hall–Kier alpha value is -2.84. The van der Waals surface area contributed by atoms with E-state index >= 15 is 0 Å². The van der Waals surface area contributed by atoms with Crippen LogP contribution in [0.15, 0.2) is 59.8 Å². The maximum Gasteiger partial charge on any atom is 0.240 e. The highest BCUT2D eigenvalue weighted by molar-refractivity contribution is 7.99. The van der Waals surface area contributed by atoms with Crippen molar-refractivity contribution in [1.29, 1.82) is 0 Å². The number of benzene rings is 2. The van der Waals surface area contributed by atoms with Crippen molar-refractivity contribution in [1.82, 2.24) is 19.7 Å². The molecule has 1 unspecified atom stereocenters. The fourth-order valence-electron chi connectivity index (χ4n) is 3.87. The molecular weight excluding hydrogens is 446 g/mol. The average molecular weight is 470 g/mol. The van der Waals surface area contributed by atoms with Gasteiger partial charge in [-0.05, 0) is 49.1 Å². The number of thioether (sulfide) groups is 1. The Morgan fingerprint density at radius 2 is 1.81 bits per heavy atom. The van der Waals surface area contributed by atoms with Crippen molar-refractivity contribution < 1.29 is 9.59 Å². The number of primary amides is 1. The molecule has 0 aliphatic carbocycles. The van der Waals surface area contributed by atoms with Crippen LogP contribution in [0.4, 0.5) is 0 Å². The van der Waals surface area contributed by atoms with Crippen molar-refractivity contribution in [2.24, 2.45) is 5.73 Å². The van der Waals surface area contributed by atoms with E-state index in [0.29, 0.717) is 29.6 Å². The summed E-state index contributed by atoms with van der Waals surface area (Å²) in [5.74, 6) is 0.355. The Bertz CT molecular complexity index is 1090. The summed E-state index contributed by atoms with van der Waals surface area (Å²) in [6, 6.07) is 16.9. The topological polar surface area (TPSA) is 94.1 Å². The first-order chi connectivity index (χ1) is 15.5. The summed E-state index contributed by atoms with van der Waals surface area (Å²) in [4.78, 5) is 26.3. The minimum atomic E-state index is -0.528. The Kier molecular flexibility index (Phi) is 7.12. The summed E-state index contributed by atoms with van der Waals surface area (Å²) in [5, 5.41) is 10.0. The molecule has 1 fully saturated rings. The summed E-state index contributed by atoms with van der Waals surface area (Å²) < 4.78 is 1.95. The van der Waals surface area contributed by atoms with Gasteiger partial charge in [0.05, 0.1) is 5.75 Å². The van der Waals surface area contributed by atoms with Crippen molar-refractivity contribution in [3.05, 3.63) is 71.0 Å². The number of nitrogens with two attached hydrogens (primary N) is 1. The second-order valence-corrected chi connectivity index (χ2v) is 9.04.